The predicted octanol–water partition coefficient (Wildman–Crippen LogP) is 4.35. The van der Waals surface area contributed by atoms with E-state index >= 15 is 0 Å². The van der Waals surface area contributed by atoms with Crippen LogP contribution in [0.2, 0.25) is 4.34 Å². The van der Waals surface area contributed by atoms with E-state index < -0.39 is 0 Å². The van der Waals surface area contributed by atoms with Crippen molar-refractivity contribution in [2.45, 2.75) is 6.54 Å². The van der Waals surface area contributed by atoms with Crippen molar-refractivity contribution < 1.29 is 0 Å². The molecule has 0 atom stereocenters. The molecule has 4 aromatic rings. The van der Waals surface area contributed by atoms with Gasteiger partial charge in [-0.1, -0.05) is 52.5 Å². The van der Waals surface area contributed by atoms with Crippen molar-refractivity contribution in [3.63, 3.8) is 0 Å². The Labute approximate surface area is 124 Å². The SMILES string of the molecule is Clc1snnc1Cn1c2ccccc2c2ccccc21. The molecular formula is C15H10ClN3S. The van der Waals surface area contributed by atoms with Gasteiger partial charge in [-0.25, -0.2) is 0 Å². The van der Waals surface area contributed by atoms with Gasteiger partial charge < -0.3 is 4.57 Å². The molecule has 0 unspecified atom stereocenters. The van der Waals surface area contributed by atoms with E-state index in [-0.39, 0.29) is 0 Å². The number of fused-ring (bicyclic) bond motifs is 3. The molecule has 0 bridgehead atoms. The molecule has 0 N–H and O–H groups in total. The van der Waals surface area contributed by atoms with Gasteiger partial charge in [0.15, 0.2) is 0 Å². The smallest absolute Gasteiger partial charge is 0.139 e. The van der Waals surface area contributed by atoms with E-state index in [0.717, 1.165) is 5.69 Å². The minimum atomic E-state index is 0.642. The number of para-hydroxylation sites is 2. The summed E-state index contributed by atoms with van der Waals surface area (Å²) in [6.45, 7) is 0.642. The summed E-state index contributed by atoms with van der Waals surface area (Å²) in [5.41, 5.74) is 3.21. The van der Waals surface area contributed by atoms with Crippen molar-refractivity contribution in [1.82, 2.24) is 14.2 Å². The number of hydrogen-bond donors (Lipinski definition) is 0. The summed E-state index contributed by atoms with van der Waals surface area (Å²) in [6.07, 6.45) is 0. The molecule has 0 radical (unpaired) electrons. The first-order chi connectivity index (χ1) is 9.84. The summed E-state index contributed by atoms with van der Waals surface area (Å²) in [6, 6.07) is 16.8. The predicted molar refractivity (Wildman–Crippen MR) is 83.5 cm³/mol. The van der Waals surface area contributed by atoms with Gasteiger partial charge in [-0.05, 0) is 12.1 Å². The van der Waals surface area contributed by atoms with E-state index in [1.54, 1.807) is 0 Å². The summed E-state index contributed by atoms with van der Waals surface area (Å²) >= 11 is 7.37. The van der Waals surface area contributed by atoms with Crippen molar-refractivity contribution in [2.24, 2.45) is 0 Å². The van der Waals surface area contributed by atoms with Gasteiger partial charge in [0.2, 0.25) is 0 Å². The third kappa shape index (κ3) is 1.72. The zero-order valence-electron chi connectivity index (χ0n) is 10.5. The molecule has 0 aliphatic heterocycles. The monoisotopic (exact) mass is 299 g/mol. The van der Waals surface area contributed by atoms with Crippen LogP contribution in [0, 0.1) is 0 Å². The normalized spacial score (nSPS) is 11.4. The molecule has 5 heteroatoms. The van der Waals surface area contributed by atoms with E-state index in [4.69, 9.17) is 11.6 Å². The van der Waals surface area contributed by atoms with Crippen LogP contribution in [0.1, 0.15) is 5.69 Å². The van der Waals surface area contributed by atoms with E-state index in [1.165, 1.54) is 33.3 Å². The summed E-state index contributed by atoms with van der Waals surface area (Å²) in [7, 11) is 0. The Morgan fingerprint density at radius 2 is 1.55 bits per heavy atom. The molecule has 4 rings (SSSR count). The average Bonchev–Trinajstić information content (AvgIpc) is 3.03. The highest BCUT2D eigenvalue weighted by molar-refractivity contribution is 7.10. The topological polar surface area (TPSA) is 30.7 Å². The molecule has 0 fully saturated rings. The summed E-state index contributed by atoms with van der Waals surface area (Å²) in [4.78, 5) is 0. The van der Waals surface area contributed by atoms with Gasteiger partial charge >= 0.3 is 0 Å². The molecule has 2 heterocycles. The fourth-order valence-electron chi connectivity index (χ4n) is 2.61. The lowest BCUT2D eigenvalue weighted by atomic mass is 10.2. The second-order valence-electron chi connectivity index (χ2n) is 4.61. The van der Waals surface area contributed by atoms with E-state index in [1.807, 2.05) is 0 Å². The van der Waals surface area contributed by atoms with Crippen LogP contribution in [0.3, 0.4) is 0 Å². The van der Waals surface area contributed by atoms with Gasteiger partial charge in [-0.3, -0.25) is 0 Å². The van der Waals surface area contributed by atoms with Gasteiger partial charge in [0.25, 0.3) is 0 Å². The summed E-state index contributed by atoms with van der Waals surface area (Å²) < 4.78 is 6.81. The third-order valence-corrected chi connectivity index (χ3v) is 4.48. The average molecular weight is 300 g/mol. The Bertz CT molecular complexity index is 856. The first-order valence-corrected chi connectivity index (χ1v) is 7.42. The molecule has 0 saturated heterocycles. The lowest BCUT2D eigenvalue weighted by molar-refractivity contribution is 0.826. The third-order valence-electron chi connectivity index (χ3n) is 3.50. The maximum Gasteiger partial charge on any atom is 0.139 e. The van der Waals surface area contributed by atoms with Gasteiger partial charge in [0, 0.05) is 33.3 Å². The lowest BCUT2D eigenvalue weighted by Crippen LogP contribution is -2.00. The zero-order valence-corrected chi connectivity index (χ0v) is 12.0. The molecule has 0 saturated carbocycles. The molecular weight excluding hydrogens is 290 g/mol. The Hall–Kier alpha value is -1.91. The Kier molecular flexibility index (Phi) is 2.72. The van der Waals surface area contributed by atoms with Crippen molar-refractivity contribution in [3.8, 4) is 0 Å². The van der Waals surface area contributed by atoms with Crippen LogP contribution >= 0.6 is 23.1 Å². The van der Waals surface area contributed by atoms with Crippen LogP contribution in [-0.2, 0) is 6.54 Å². The second-order valence-corrected chi connectivity index (χ2v) is 5.97. The van der Waals surface area contributed by atoms with Crippen LogP contribution in [0.15, 0.2) is 48.5 Å². The first kappa shape index (κ1) is 11.9. The van der Waals surface area contributed by atoms with Crippen LogP contribution in [-0.4, -0.2) is 14.2 Å². The van der Waals surface area contributed by atoms with E-state index in [2.05, 4.69) is 62.7 Å². The number of hydrogen-bond acceptors (Lipinski definition) is 3. The highest BCUT2D eigenvalue weighted by atomic mass is 35.5. The van der Waals surface area contributed by atoms with Crippen LogP contribution in [0.25, 0.3) is 21.8 Å². The second kappa shape index (κ2) is 4.58. The largest absolute Gasteiger partial charge is 0.334 e. The number of aromatic nitrogens is 3. The van der Waals surface area contributed by atoms with E-state index in [0.29, 0.717) is 10.9 Å². The number of nitrogens with zero attached hydrogens (tertiary/aromatic N) is 3. The fourth-order valence-corrected chi connectivity index (χ4v) is 3.23. The van der Waals surface area contributed by atoms with E-state index in [9.17, 15) is 0 Å². The zero-order chi connectivity index (χ0) is 13.5. The van der Waals surface area contributed by atoms with Crippen LogP contribution in [0.5, 0.6) is 0 Å². The molecule has 0 amide bonds. The summed E-state index contributed by atoms with van der Waals surface area (Å²) in [5.74, 6) is 0. The molecule has 0 spiro atoms. The van der Waals surface area contributed by atoms with Gasteiger partial charge in [0.1, 0.15) is 10.0 Å². The number of rotatable bonds is 2. The number of benzene rings is 2. The first-order valence-electron chi connectivity index (χ1n) is 6.27. The van der Waals surface area contributed by atoms with Gasteiger partial charge in [0.05, 0.1) is 6.54 Å². The van der Waals surface area contributed by atoms with Crippen molar-refractivity contribution in [3.05, 3.63) is 58.6 Å². The van der Waals surface area contributed by atoms with Gasteiger partial charge in [-0.15, -0.1) is 5.10 Å². The fraction of sp³-hybridized carbons (Fsp3) is 0.0667. The van der Waals surface area contributed by atoms with Crippen molar-refractivity contribution >= 4 is 44.9 Å². The quantitative estimate of drug-likeness (QED) is 0.551. The lowest BCUT2D eigenvalue weighted by Gasteiger charge is -2.05. The highest BCUT2D eigenvalue weighted by Crippen LogP contribution is 2.30. The van der Waals surface area contributed by atoms with Gasteiger partial charge in [-0.2, -0.15) is 0 Å². The molecule has 20 heavy (non-hydrogen) atoms. The summed E-state index contributed by atoms with van der Waals surface area (Å²) in [5, 5.41) is 6.62. The Morgan fingerprint density at radius 1 is 0.950 bits per heavy atom. The molecule has 2 aromatic heterocycles. The van der Waals surface area contributed by atoms with Crippen LogP contribution < -0.4 is 0 Å². The molecule has 0 aliphatic rings. The maximum atomic E-state index is 6.14. The highest BCUT2D eigenvalue weighted by Gasteiger charge is 2.13. The molecule has 0 aliphatic carbocycles. The molecule has 2 aromatic carbocycles. The number of halogens is 1. The minimum Gasteiger partial charge on any atom is -0.334 e. The standard InChI is InChI=1S/C15H10ClN3S/c16-15-12(17-18-20-15)9-19-13-7-3-1-5-10(13)11-6-2-4-8-14(11)19/h1-8H,9H2. The van der Waals surface area contributed by atoms with Crippen molar-refractivity contribution in [1.29, 1.82) is 0 Å². The van der Waals surface area contributed by atoms with Crippen molar-refractivity contribution in [2.75, 3.05) is 0 Å². The minimum absolute atomic E-state index is 0.642. The maximum absolute atomic E-state index is 6.14. The van der Waals surface area contributed by atoms with Crippen LogP contribution in [0.4, 0.5) is 0 Å². The Balaban J connectivity index is 2.03. The Morgan fingerprint density at radius 3 is 2.10 bits per heavy atom. The molecule has 98 valence electrons. The molecule has 3 nitrogen and oxygen atoms in total.